The molecule has 1 fully saturated rings. The van der Waals surface area contributed by atoms with E-state index >= 15 is 0 Å². The van der Waals surface area contributed by atoms with Gasteiger partial charge in [-0.1, -0.05) is 11.6 Å². The Morgan fingerprint density at radius 3 is 2.94 bits per heavy atom. The average molecular weight is 269 g/mol. The first-order chi connectivity index (χ1) is 8.61. The number of nitrogens with two attached hydrogens (primary N) is 1. The molecule has 1 saturated heterocycles. The van der Waals surface area contributed by atoms with E-state index in [2.05, 4.69) is 21.8 Å². The molecular formula is C13H21ClN4. The molecule has 2 N–H and O–H groups in total. The van der Waals surface area contributed by atoms with Crippen LogP contribution >= 0.6 is 11.6 Å². The zero-order chi connectivity index (χ0) is 13.1. The van der Waals surface area contributed by atoms with Crippen LogP contribution in [0.4, 0.5) is 5.82 Å². The lowest BCUT2D eigenvalue weighted by atomic mass is 10.2. The number of aromatic nitrogens is 1. The normalized spacial score (nSPS) is 20.3. The van der Waals surface area contributed by atoms with Crippen LogP contribution in [0.15, 0.2) is 12.3 Å². The summed E-state index contributed by atoms with van der Waals surface area (Å²) in [6.45, 7) is 2.62. The van der Waals surface area contributed by atoms with E-state index in [1.54, 1.807) is 6.20 Å². The first-order valence-corrected chi connectivity index (χ1v) is 6.75. The Morgan fingerprint density at radius 1 is 1.61 bits per heavy atom. The number of likely N-dealkylation sites (tertiary alicyclic amines) is 1. The van der Waals surface area contributed by atoms with Crippen molar-refractivity contribution in [3.63, 3.8) is 0 Å². The van der Waals surface area contributed by atoms with Crippen molar-refractivity contribution in [1.82, 2.24) is 9.88 Å². The number of nitrogens with zero attached hydrogens (tertiary/aromatic N) is 3. The third kappa shape index (κ3) is 2.94. The summed E-state index contributed by atoms with van der Waals surface area (Å²) in [5.41, 5.74) is 6.54. The fourth-order valence-corrected chi connectivity index (χ4v) is 2.81. The summed E-state index contributed by atoms with van der Waals surface area (Å²) in [4.78, 5) is 8.95. The van der Waals surface area contributed by atoms with Gasteiger partial charge in [-0.05, 0) is 38.1 Å². The van der Waals surface area contributed by atoms with Gasteiger partial charge in [0, 0.05) is 32.4 Å². The molecule has 1 aliphatic heterocycles. The molecule has 0 radical (unpaired) electrons. The van der Waals surface area contributed by atoms with E-state index in [1.807, 2.05) is 13.1 Å². The summed E-state index contributed by atoms with van der Waals surface area (Å²) in [7, 11) is 4.22. The van der Waals surface area contributed by atoms with E-state index in [4.69, 9.17) is 17.3 Å². The highest BCUT2D eigenvalue weighted by atomic mass is 35.5. The maximum atomic E-state index is 6.25. The first kappa shape index (κ1) is 13.6. The second kappa shape index (κ2) is 5.87. The van der Waals surface area contributed by atoms with Crippen molar-refractivity contribution in [3.8, 4) is 0 Å². The summed E-state index contributed by atoms with van der Waals surface area (Å²) in [6, 6.07) is 2.50. The van der Waals surface area contributed by atoms with Gasteiger partial charge in [-0.25, -0.2) is 4.98 Å². The standard InChI is InChI=1S/C13H21ClN4/c1-17-5-3-4-11(17)9-18(2)13-12(14)6-10(7-15)8-16-13/h6,8,11H,3-5,7,9,15H2,1-2H3. The van der Waals surface area contributed by atoms with Gasteiger partial charge in [0.1, 0.15) is 5.82 Å². The minimum atomic E-state index is 0.474. The van der Waals surface area contributed by atoms with Crippen LogP contribution < -0.4 is 10.6 Å². The summed E-state index contributed by atoms with van der Waals surface area (Å²) >= 11 is 6.25. The Morgan fingerprint density at radius 2 is 2.39 bits per heavy atom. The lowest BCUT2D eigenvalue weighted by Crippen LogP contribution is -2.37. The Hall–Kier alpha value is -0.840. The third-order valence-corrected chi connectivity index (χ3v) is 3.91. The maximum Gasteiger partial charge on any atom is 0.147 e. The van der Waals surface area contributed by atoms with Gasteiger partial charge >= 0.3 is 0 Å². The van der Waals surface area contributed by atoms with Crippen molar-refractivity contribution in [2.24, 2.45) is 5.73 Å². The molecule has 1 unspecified atom stereocenters. The lowest BCUT2D eigenvalue weighted by Gasteiger charge is -2.27. The minimum Gasteiger partial charge on any atom is -0.357 e. The van der Waals surface area contributed by atoms with Gasteiger partial charge in [-0.3, -0.25) is 0 Å². The topological polar surface area (TPSA) is 45.4 Å². The minimum absolute atomic E-state index is 0.474. The number of hydrogen-bond acceptors (Lipinski definition) is 4. The highest BCUT2D eigenvalue weighted by molar-refractivity contribution is 6.33. The number of hydrogen-bond donors (Lipinski definition) is 1. The van der Waals surface area contributed by atoms with Gasteiger partial charge in [0.25, 0.3) is 0 Å². The van der Waals surface area contributed by atoms with E-state index in [0.29, 0.717) is 17.6 Å². The van der Waals surface area contributed by atoms with Crippen LogP contribution in [0.3, 0.4) is 0 Å². The Bertz CT molecular complexity index is 410. The van der Waals surface area contributed by atoms with Crippen LogP contribution in [-0.2, 0) is 6.54 Å². The number of pyridine rings is 1. The largest absolute Gasteiger partial charge is 0.357 e. The zero-order valence-corrected chi connectivity index (χ0v) is 11.8. The van der Waals surface area contributed by atoms with Crippen LogP contribution in [0.25, 0.3) is 0 Å². The predicted molar refractivity (Wildman–Crippen MR) is 76.1 cm³/mol. The summed E-state index contributed by atoms with van der Waals surface area (Å²) in [5, 5.41) is 0.682. The Kier molecular flexibility index (Phi) is 4.43. The van der Waals surface area contributed by atoms with Gasteiger partial charge < -0.3 is 15.5 Å². The maximum absolute atomic E-state index is 6.25. The lowest BCUT2D eigenvalue weighted by molar-refractivity contribution is 0.314. The molecule has 1 aliphatic rings. The average Bonchev–Trinajstić information content (AvgIpc) is 2.74. The molecule has 1 aromatic rings. The monoisotopic (exact) mass is 268 g/mol. The second-order valence-corrected chi connectivity index (χ2v) is 5.42. The Balaban J connectivity index is 2.06. The third-order valence-electron chi connectivity index (χ3n) is 3.63. The molecule has 0 aromatic carbocycles. The van der Waals surface area contributed by atoms with Crippen molar-refractivity contribution in [3.05, 3.63) is 22.8 Å². The fraction of sp³-hybridized carbons (Fsp3) is 0.615. The predicted octanol–water partition coefficient (Wildman–Crippen LogP) is 1.72. The van der Waals surface area contributed by atoms with Crippen LogP contribution in [0.2, 0.25) is 5.02 Å². The van der Waals surface area contributed by atoms with Crippen molar-refractivity contribution in [2.45, 2.75) is 25.4 Å². The second-order valence-electron chi connectivity index (χ2n) is 5.01. The van der Waals surface area contributed by atoms with E-state index in [-0.39, 0.29) is 0 Å². The quantitative estimate of drug-likeness (QED) is 0.903. The molecule has 2 rings (SSSR count). The molecule has 0 spiro atoms. The molecule has 5 heteroatoms. The van der Waals surface area contributed by atoms with Crippen molar-refractivity contribution >= 4 is 17.4 Å². The van der Waals surface area contributed by atoms with Crippen LogP contribution in [0.5, 0.6) is 0 Å². The van der Waals surface area contributed by atoms with Gasteiger partial charge in [0.2, 0.25) is 0 Å². The van der Waals surface area contributed by atoms with E-state index < -0.39 is 0 Å². The highest BCUT2D eigenvalue weighted by Crippen LogP contribution is 2.25. The highest BCUT2D eigenvalue weighted by Gasteiger charge is 2.23. The van der Waals surface area contributed by atoms with E-state index in [1.165, 1.54) is 19.4 Å². The van der Waals surface area contributed by atoms with Gasteiger partial charge in [0.05, 0.1) is 5.02 Å². The Labute approximate surface area is 114 Å². The molecule has 0 bridgehead atoms. The molecule has 1 aromatic heterocycles. The first-order valence-electron chi connectivity index (χ1n) is 6.37. The van der Waals surface area contributed by atoms with E-state index in [9.17, 15) is 0 Å². The fourth-order valence-electron chi connectivity index (χ4n) is 2.48. The van der Waals surface area contributed by atoms with E-state index in [0.717, 1.165) is 17.9 Å². The number of likely N-dealkylation sites (N-methyl/N-ethyl adjacent to an activating group) is 2. The summed E-state index contributed by atoms with van der Waals surface area (Å²) in [5.74, 6) is 0.842. The van der Waals surface area contributed by atoms with Crippen molar-refractivity contribution < 1.29 is 0 Å². The molecule has 100 valence electrons. The smallest absolute Gasteiger partial charge is 0.147 e. The summed E-state index contributed by atoms with van der Waals surface area (Å²) < 4.78 is 0. The van der Waals surface area contributed by atoms with Gasteiger partial charge in [-0.15, -0.1) is 0 Å². The van der Waals surface area contributed by atoms with Crippen molar-refractivity contribution in [2.75, 3.05) is 32.1 Å². The number of rotatable bonds is 4. The zero-order valence-electron chi connectivity index (χ0n) is 11.1. The molecule has 0 amide bonds. The van der Waals surface area contributed by atoms with Crippen LogP contribution in [0, 0.1) is 0 Å². The van der Waals surface area contributed by atoms with Gasteiger partial charge in [-0.2, -0.15) is 0 Å². The van der Waals surface area contributed by atoms with Crippen LogP contribution in [0.1, 0.15) is 18.4 Å². The molecule has 1 atom stereocenters. The summed E-state index contributed by atoms with van der Waals surface area (Å²) in [6.07, 6.45) is 4.33. The number of halogens is 1. The molecule has 2 heterocycles. The van der Waals surface area contributed by atoms with Crippen molar-refractivity contribution in [1.29, 1.82) is 0 Å². The molecule has 0 saturated carbocycles. The van der Waals surface area contributed by atoms with Crippen LogP contribution in [-0.4, -0.2) is 43.1 Å². The number of anilines is 1. The van der Waals surface area contributed by atoms with Gasteiger partial charge in [0.15, 0.2) is 0 Å². The molecule has 18 heavy (non-hydrogen) atoms. The molecule has 4 nitrogen and oxygen atoms in total. The molecular weight excluding hydrogens is 248 g/mol. The molecule has 0 aliphatic carbocycles. The SMILES string of the molecule is CN(CC1CCCN1C)c1ncc(CN)cc1Cl.